The van der Waals surface area contributed by atoms with Crippen molar-refractivity contribution >= 4 is 16.0 Å². The van der Waals surface area contributed by atoms with Gasteiger partial charge < -0.3 is 9.67 Å². The third-order valence-corrected chi connectivity index (χ3v) is 3.78. The van der Waals surface area contributed by atoms with Gasteiger partial charge in [0.15, 0.2) is 5.03 Å². The molecule has 0 fully saturated rings. The van der Waals surface area contributed by atoms with Crippen molar-refractivity contribution in [3.8, 4) is 0 Å². The van der Waals surface area contributed by atoms with Crippen molar-refractivity contribution < 1.29 is 18.3 Å². The first kappa shape index (κ1) is 14.7. The number of carboxylic acid groups (broad SMARTS) is 1. The fraction of sp³-hybridized carbons (Fsp3) is 0.600. The van der Waals surface area contributed by atoms with Gasteiger partial charge in [-0.3, -0.25) is 4.79 Å². The first-order valence-corrected chi connectivity index (χ1v) is 7.16. The zero-order valence-electron chi connectivity index (χ0n) is 10.3. The molecule has 1 heterocycles. The van der Waals surface area contributed by atoms with E-state index >= 15 is 0 Å². The number of nitrogens with one attached hydrogen (secondary N) is 1. The number of hydrogen-bond donors (Lipinski definition) is 2. The van der Waals surface area contributed by atoms with Crippen LogP contribution in [0.2, 0.25) is 0 Å². The SMILES string of the molecule is CCC[C@@H](NS(=O)(=O)c1cn(CC)cn1)C(=O)O. The van der Waals surface area contributed by atoms with Gasteiger partial charge >= 0.3 is 5.97 Å². The summed E-state index contributed by atoms with van der Waals surface area (Å²) in [7, 11) is -3.88. The molecule has 0 spiro atoms. The zero-order chi connectivity index (χ0) is 13.8. The Labute approximate surface area is 106 Å². The molecule has 0 aliphatic carbocycles. The molecule has 1 atom stereocenters. The van der Waals surface area contributed by atoms with Gasteiger partial charge in [-0.25, -0.2) is 13.4 Å². The summed E-state index contributed by atoms with van der Waals surface area (Å²) >= 11 is 0. The third kappa shape index (κ3) is 3.54. The van der Waals surface area contributed by atoms with Crippen LogP contribution in [0.4, 0.5) is 0 Å². The van der Waals surface area contributed by atoms with Gasteiger partial charge in [0.25, 0.3) is 10.0 Å². The molecule has 0 unspecified atom stereocenters. The summed E-state index contributed by atoms with van der Waals surface area (Å²) in [5.41, 5.74) is 0. The smallest absolute Gasteiger partial charge is 0.321 e. The second-order valence-corrected chi connectivity index (χ2v) is 5.50. The van der Waals surface area contributed by atoms with Crippen molar-refractivity contribution in [2.45, 2.75) is 44.3 Å². The number of aliphatic carboxylic acids is 1. The molecule has 1 rings (SSSR count). The lowest BCUT2D eigenvalue weighted by atomic mass is 10.2. The quantitative estimate of drug-likeness (QED) is 0.751. The van der Waals surface area contributed by atoms with Crippen LogP contribution in [-0.4, -0.2) is 35.1 Å². The number of hydrogen-bond acceptors (Lipinski definition) is 4. The van der Waals surface area contributed by atoms with E-state index in [-0.39, 0.29) is 11.4 Å². The van der Waals surface area contributed by atoms with Gasteiger partial charge in [-0.15, -0.1) is 0 Å². The van der Waals surface area contributed by atoms with Gasteiger partial charge in [0.05, 0.1) is 6.33 Å². The fourth-order valence-corrected chi connectivity index (χ4v) is 2.59. The summed E-state index contributed by atoms with van der Waals surface area (Å²) in [6, 6.07) is -1.12. The molecule has 0 saturated heterocycles. The summed E-state index contributed by atoms with van der Waals surface area (Å²) in [4.78, 5) is 14.7. The average molecular weight is 275 g/mol. The van der Waals surface area contributed by atoms with Gasteiger partial charge in [-0.1, -0.05) is 13.3 Å². The Morgan fingerprint density at radius 1 is 1.56 bits per heavy atom. The highest BCUT2D eigenvalue weighted by molar-refractivity contribution is 7.89. The van der Waals surface area contributed by atoms with Crippen LogP contribution in [0.3, 0.4) is 0 Å². The Bertz CT molecular complexity index is 509. The van der Waals surface area contributed by atoms with Crippen LogP contribution in [0.5, 0.6) is 0 Å². The molecule has 0 aliphatic heterocycles. The summed E-state index contributed by atoms with van der Waals surface area (Å²) < 4.78 is 27.5. The minimum Gasteiger partial charge on any atom is -0.480 e. The Kier molecular flexibility index (Phi) is 4.85. The van der Waals surface area contributed by atoms with Gasteiger partial charge in [0, 0.05) is 12.7 Å². The molecular weight excluding hydrogens is 258 g/mol. The van der Waals surface area contributed by atoms with E-state index in [1.165, 1.54) is 12.5 Å². The molecule has 7 nitrogen and oxygen atoms in total. The molecule has 1 aromatic rings. The number of nitrogens with zero attached hydrogens (tertiary/aromatic N) is 2. The number of rotatable bonds is 7. The van der Waals surface area contributed by atoms with Crippen molar-refractivity contribution in [2.75, 3.05) is 0 Å². The summed E-state index contributed by atoms with van der Waals surface area (Å²) in [6.07, 6.45) is 3.57. The number of sulfonamides is 1. The second kappa shape index (κ2) is 5.96. The Balaban J connectivity index is 2.89. The first-order valence-electron chi connectivity index (χ1n) is 5.67. The zero-order valence-corrected chi connectivity index (χ0v) is 11.1. The fourth-order valence-electron chi connectivity index (χ4n) is 1.42. The minimum atomic E-state index is -3.88. The van der Waals surface area contributed by atoms with Crippen molar-refractivity contribution in [1.29, 1.82) is 0 Å². The highest BCUT2D eigenvalue weighted by Crippen LogP contribution is 2.08. The maximum Gasteiger partial charge on any atom is 0.321 e. The second-order valence-electron chi connectivity index (χ2n) is 3.84. The lowest BCUT2D eigenvalue weighted by molar-refractivity contribution is -0.139. The maximum atomic E-state index is 11.9. The van der Waals surface area contributed by atoms with E-state index < -0.39 is 22.0 Å². The molecule has 0 aromatic carbocycles. The van der Waals surface area contributed by atoms with E-state index in [1.807, 2.05) is 6.92 Å². The van der Waals surface area contributed by atoms with Crippen LogP contribution in [0.25, 0.3) is 0 Å². The third-order valence-electron chi connectivity index (χ3n) is 2.42. The van der Waals surface area contributed by atoms with Crippen LogP contribution in [-0.2, 0) is 21.4 Å². The average Bonchev–Trinajstić information content (AvgIpc) is 2.77. The van der Waals surface area contributed by atoms with Crippen LogP contribution in [0.15, 0.2) is 17.6 Å². The van der Waals surface area contributed by atoms with Gasteiger partial charge in [0.2, 0.25) is 0 Å². The Morgan fingerprint density at radius 2 is 2.22 bits per heavy atom. The summed E-state index contributed by atoms with van der Waals surface area (Å²) in [5.74, 6) is -1.18. The molecule has 0 aliphatic rings. The summed E-state index contributed by atoms with van der Waals surface area (Å²) in [6.45, 7) is 4.23. The lowest BCUT2D eigenvalue weighted by Gasteiger charge is -2.12. The van der Waals surface area contributed by atoms with E-state index in [1.54, 1.807) is 11.5 Å². The largest absolute Gasteiger partial charge is 0.480 e. The highest BCUT2D eigenvalue weighted by atomic mass is 32.2. The predicted molar refractivity (Wildman–Crippen MR) is 64.6 cm³/mol. The van der Waals surface area contributed by atoms with E-state index in [9.17, 15) is 13.2 Å². The molecule has 18 heavy (non-hydrogen) atoms. The number of carboxylic acids is 1. The molecule has 8 heteroatoms. The number of aromatic nitrogens is 2. The molecular formula is C10H17N3O4S. The van der Waals surface area contributed by atoms with Crippen molar-refractivity contribution in [1.82, 2.24) is 14.3 Å². The van der Waals surface area contributed by atoms with Gasteiger partial charge in [0.1, 0.15) is 6.04 Å². The predicted octanol–water partition coefficient (Wildman–Crippen LogP) is 0.435. The lowest BCUT2D eigenvalue weighted by Crippen LogP contribution is -2.40. The van der Waals surface area contributed by atoms with Crippen LogP contribution >= 0.6 is 0 Å². The first-order chi connectivity index (χ1) is 8.40. The monoisotopic (exact) mass is 275 g/mol. The minimum absolute atomic E-state index is 0.160. The topological polar surface area (TPSA) is 101 Å². The highest BCUT2D eigenvalue weighted by Gasteiger charge is 2.26. The Morgan fingerprint density at radius 3 is 2.67 bits per heavy atom. The van der Waals surface area contributed by atoms with Crippen LogP contribution in [0, 0.1) is 0 Å². The standard InChI is InChI=1S/C10H17N3O4S/c1-3-5-8(10(14)15)12-18(16,17)9-6-13(4-2)7-11-9/h6-8,12H,3-5H2,1-2H3,(H,14,15)/t8-/m1/s1. The number of carbonyl (C=O) groups is 1. The molecule has 102 valence electrons. The molecule has 2 N–H and O–H groups in total. The Hall–Kier alpha value is -1.41. The van der Waals surface area contributed by atoms with E-state index in [4.69, 9.17) is 5.11 Å². The van der Waals surface area contributed by atoms with Crippen molar-refractivity contribution in [3.63, 3.8) is 0 Å². The maximum absolute atomic E-state index is 11.9. The van der Waals surface area contributed by atoms with Crippen molar-refractivity contribution in [2.24, 2.45) is 0 Å². The molecule has 0 bridgehead atoms. The summed E-state index contributed by atoms with van der Waals surface area (Å²) in [5, 5.41) is 8.75. The number of imidazole rings is 1. The van der Waals surface area contributed by atoms with Gasteiger partial charge in [-0.05, 0) is 13.3 Å². The van der Waals surface area contributed by atoms with Crippen LogP contribution < -0.4 is 4.72 Å². The van der Waals surface area contributed by atoms with Crippen LogP contribution in [0.1, 0.15) is 26.7 Å². The van der Waals surface area contributed by atoms with Crippen molar-refractivity contribution in [3.05, 3.63) is 12.5 Å². The normalized spacial score (nSPS) is 13.4. The number of aryl methyl sites for hydroxylation is 1. The molecule has 0 radical (unpaired) electrons. The van der Waals surface area contributed by atoms with E-state index in [0.717, 1.165) is 0 Å². The molecule has 0 saturated carbocycles. The molecule has 0 amide bonds. The van der Waals surface area contributed by atoms with E-state index in [2.05, 4.69) is 9.71 Å². The van der Waals surface area contributed by atoms with E-state index in [0.29, 0.717) is 13.0 Å². The van der Waals surface area contributed by atoms with Gasteiger partial charge in [-0.2, -0.15) is 4.72 Å². The molecule has 1 aromatic heterocycles.